The van der Waals surface area contributed by atoms with Gasteiger partial charge in [-0.1, -0.05) is 0 Å². The van der Waals surface area contributed by atoms with E-state index in [0.29, 0.717) is 11.7 Å². The molecule has 3 atom stereocenters. The monoisotopic (exact) mass is 254 g/mol. The first-order valence-electron chi connectivity index (χ1n) is 6.14. The Morgan fingerprint density at radius 2 is 2.17 bits per heavy atom. The van der Waals surface area contributed by atoms with Crippen LogP contribution in [0.25, 0.3) is 0 Å². The SMILES string of the molecule is Oc1ccc(OC2CCC3CCOC3O2)cc1F. The molecule has 98 valence electrons. The zero-order chi connectivity index (χ0) is 12.5. The van der Waals surface area contributed by atoms with Gasteiger partial charge in [-0.2, -0.15) is 0 Å². The van der Waals surface area contributed by atoms with Gasteiger partial charge in [-0.15, -0.1) is 0 Å². The summed E-state index contributed by atoms with van der Waals surface area (Å²) in [6.45, 7) is 0.732. The maximum atomic E-state index is 13.2. The molecular weight excluding hydrogens is 239 g/mol. The third-order valence-corrected chi connectivity index (χ3v) is 3.40. The van der Waals surface area contributed by atoms with Crippen LogP contribution in [-0.2, 0) is 9.47 Å². The fourth-order valence-corrected chi connectivity index (χ4v) is 2.41. The molecular formula is C13H15FO4. The molecule has 0 saturated carbocycles. The van der Waals surface area contributed by atoms with Gasteiger partial charge in [0, 0.05) is 18.4 Å². The number of phenols is 1. The van der Waals surface area contributed by atoms with Crippen molar-refractivity contribution < 1.29 is 23.7 Å². The minimum absolute atomic E-state index is 0.189. The smallest absolute Gasteiger partial charge is 0.202 e. The van der Waals surface area contributed by atoms with E-state index in [4.69, 9.17) is 19.3 Å². The maximum absolute atomic E-state index is 13.2. The Bertz CT molecular complexity index is 437. The van der Waals surface area contributed by atoms with E-state index >= 15 is 0 Å². The number of fused-ring (bicyclic) bond motifs is 1. The summed E-state index contributed by atoms with van der Waals surface area (Å²) in [5, 5.41) is 9.09. The summed E-state index contributed by atoms with van der Waals surface area (Å²) in [6.07, 6.45) is 2.20. The van der Waals surface area contributed by atoms with Crippen LogP contribution in [0.2, 0.25) is 0 Å². The Labute approximate surface area is 104 Å². The van der Waals surface area contributed by atoms with Gasteiger partial charge in [-0.05, 0) is 25.0 Å². The zero-order valence-corrected chi connectivity index (χ0v) is 9.84. The number of ether oxygens (including phenoxy) is 3. The molecule has 0 spiro atoms. The average molecular weight is 254 g/mol. The fourth-order valence-electron chi connectivity index (χ4n) is 2.41. The second-order valence-electron chi connectivity index (χ2n) is 4.66. The van der Waals surface area contributed by atoms with Crippen molar-refractivity contribution in [1.29, 1.82) is 0 Å². The lowest BCUT2D eigenvalue weighted by atomic mass is 9.99. The summed E-state index contributed by atoms with van der Waals surface area (Å²) < 4.78 is 29.8. The standard InChI is InChI=1S/C13H15FO4/c14-10-7-9(2-3-11(10)15)17-12-4-1-8-5-6-16-13(8)18-12/h2-3,7-8,12-13,15H,1,4-6H2. The molecule has 18 heavy (non-hydrogen) atoms. The van der Waals surface area contributed by atoms with E-state index in [9.17, 15) is 4.39 Å². The maximum Gasteiger partial charge on any atom is 0.202 e. The molecule has 0 aliphatic carbocycles. The highest BCUT2D eigenvalue weighted by atomic mass is 19.1. The van der Waals surface area contributed by atoms with Gasteiger partial charge in [-0.25, -0.2) is 4.39 Å². The third-order valence-electron chi connectivity index (χ3n) is 3.40. The van der Waals surface area contributed by atoms with Crippen LogP contribution in [0.1, 0.15) is 19.3 Å². The van der Waals surface area contributed by atoms with Crippen LogP contribution in [0.3, 0.4) is 0 Å². The van der Waals surface area contributed by atoms with E-state index in [2.05, 4.69) is 0 Å². The highest BCUT2D eigenvalue weighted by Crippen LogP contribution is 2.34. The summed E-state index contributed by atoms with van der Waals surface area (Å²) in [7, 11) is 0. The number of halogens is 1. The Morgan fingerprint density at radius 3 is 3.00 bits per heavy atom. The van der Waals surface area contributed by atoms with Crippen LogP contribution < -0.4 is 4.74 Å². The van der Waals surface area contributed by atoms with Gasteiger partial charge in [0.25, 0.3) is 0 Å². The molecule has 4 nitrogen and oxygen atoms in total. The quantitative estimate of drug-likeness (QED) is 0.880. The predicted molar refractivity (Wildman–Crippen MR) is 60.6 cm³/mol. The zero-order valence-electron chi connectivity index (χ0n) is 9.84. The van der Waals surface area contributed by atoms with Crippen LogP contribution in [0.5, 0.6) is 11.5 Å². The topological polar surface area (TPSA) is 47.9 Å². The summed E-state index contributed by atoms with van der Waals surface area (Å²) >= 11 is 0. The largest absolute Gasteiger partial charge is 0.505 e. The summed E-state index contributed by atoms with van der Waals surface area (Å²) in [5.74, 6) is -0.266. The number of hydrogen-bond donors (Lipinski definition) is 1. The van der Waals surface area contributed by atoms with Crippen molar-refractivity contribution in [3.63, 3.8) is 0 Å². The van der Waals surface area contributed by atoms with Gasteiger partial charge in [0.2, 0.25) is 6.29 Å². The fraction of sp³-hybridized carbons (Fsp3) is 0.538. The first-order chi connectivity index (χ1) is 8.72. The lowest BCUT2D eigenvalue weighted by molar-refractivity contribution is -0.237. The molecule has 3 unspecified atom stereocenters. The van der Waals surface area contributed by atoms with E-state index in [1.807, 2.05) is 0 Å². The second kappa shape index (κ2) is 4.74. The summed E-state index contributed by atoms with van der Waals surface area (Å²) in [5.41, 5.74) is 0. The van der Waals surface area contributed by atoms with Crippen molar-refractivity contribution in [2.24, 2.45) is 5.92 Å². The molecule has 1 N–H and O–H groups in total. The van der Waals surface area contributed by atoms with E-state index in [1.165, 1.54) is 12.1 Å². The van der Waals surface area contributed by atoms with Crippen molar-refractivity contribution in [2.75, 3.05) is 6.61 Å². The van der Waals surface area contributed by atoms with Crippen molar-refractivity contribution in [2.45, 2.75) is 31.8 Å². The summed E-state index contributed by atoms with van der Waals surface area (Å²) in [6, 6.07) is 3.94. The average Bonchev–Trinajstić information content (AvgIpc) is 2.81. The van der Waals surface area contributed by atoms with Crippen LogP contribution in [0, 0.1) is 11.7 Å². The Balaban J connectivity index is 1.64. The van der Waals surface area contributed by atoms with E-state index in [-0.39, 0.29) is 12.0 Å². The molecule has 2 aliphatic rings. The molecule has 1 aromatic carbocycles. The van der Waals surface area contributed by atoms with E-state index in [0.717, 1.165) is 31.9 Å². The minimum atomic E-state index is -0.696. The minimum Gasteiger partial charge on any atom is -0.505 e. The molecule has 0 amide bonds. The Hall–Kier alpha value is -1.33. The van der Waals surface area contributed by atoms with Crippen LogP contribution in [-0.4, -0.2) is 24.3 Å². The van der Waals surface area contributed by atoms with Crippen LogP contribution in [0.4, 0.5) is 4.39 Å². The lowest BCUT2D eigenvalue weighted by Gasteiger charge is -2.31. The first-order valence-corrected chi connectivity index (χ1v) is 6.14. The van der Waals surface area contributed by atoms with E-state index in [1.54, 1.807) is 0 Å². The van der Waals surface area contributed by atoms with Gasteiger partial charge in [0.1, 0.15) is 5.75 Å². The molecule has 5 heteroatoms. The second-order valence-corrected chi connectivity index (χ2v) is 4.66. The molecule has 2 heterocycles. The number of hydrogen-bond acceptors (Lipinski definition) is 4. The highest BCUT2D eigenvalue weighted by Gasteiger charge is 2.36. The van der Waals surface area contributed by atoms with Crippen LogP contribution >= 0.6 is 0 Å². The molecule has 3 rings (SSSR count). The highest BCUT2D eigenvalue weighted by molar-refractivity contribution is 5.32. The number of aromatic hydroxyl groups is 1. The predicted octanol–water partition coefficient (Wildman–Crippen LogP) is 2.41. The van der Waals surface area contributed by atoms with Gasteiger partial charge < -0.3 is 19.3 Å². The summed E-state index contributed by atoms with van der Waals surface area (Å²) in [4.78, 5) is 0. The molecule has 0 radical (unpaired) electrons. The van der Waals surface area contributed by atoms with Gasteiger partial charge in [0.15, 0.2) is 17.9 Å². The van der Waals surface area contributed by atoms with Crippen LogP contribution in [0.15, 0.2) is 18.2 Å². The van der Waals surface area contributed by atoms with Crippen molar-refractivity contribution in [3.8, 4) is 11.5 Å². The Kier molecular flexibility index (Phi) is 3.09. The van der Waals surface area contributed by atoms with Gasteiger partial charge in [0.05, 0.1) is 6.61 Å². The van der Waals surface area contributed by atoms with Gasteiger partial charge in [-0.3, -0.25) is 0 Å². The van der Waals surface area contributed by atoms with Crippen molar-refractivity contribution in [1.82, 2.24) is 0 Å². The molecule has 2 fully saturated rings. The molecule has 0 bridgehead atoms. The number of rotatable bonds is 2. The van der Waals surface area contributed by atoms with E-state index < -0.39 is 12.1 Å². The lowest BCUT2D eigenvalue weighted by Crippen LogP contribution is -2.35. The molecule has 1 aromatic rings. The number of benzene rings is 1. The van der Waals surface area contributed by atoms with Crippen molar-refractivity contribution >= 4 is 0 Å². The Morgan fingerprint density at radius 1 is 1.28 bits per heavy atom. The molecule has 2 aliphatic heterocycles. The van der Waals surface area contributed by atoms with Crippen molar-refractivity contribution in [3.05, 3.63) is 24.0 Å². The first kappa shape index (κ1) is 11.7. The third kappa shape index (κ3) is 2.28. The molecule has 0 aromatic heterocycles. The number of phenolic OH excluding ortho intramolecular Hbond substituents is 1. The normalized spacial score (nSPS) is 31.1. The van der Waals surface area contributed by atoms with Gasteiger partial charge >= 0.3 is 0 Å². The molecule has 2 saturated heterocycles.